The zero-order valence-corrected chi connectivity index (χ0v) is 19.1. The minimum absolute atomic E-state index is 0.0328. The van der Waals surface area contributed by atoms with Crippen LogP contribution >= 0.6 is 0 Å². The lowest BCUT2D eigenvalue weighted by Crippen LogP contribution is -2.40. The molecule has 0 bridgehead atoms. The summed E-state index contributed by atoms with van der Waals surface area (Å²) in [5.41, 5.74) is -0.494. The zero-order chi connectivity index (χ0) is 24.6. The monoisotopic (exact) mass is 460 g/mol. The number of Topliss-reactive ketones (excluding diaryl/α,β-unsaturated/α-hetero) is 3. The van der Waals surface area contributed by atoms with E-state index in [1.54, 1.807) is 50.2 Å². The number of methoxy groups -OCH3 is 1. The van der Waals surface area contributed by atoms with Gasteiger partial charge in [0.1, 0.15) is 17.1 Å². The fourth-order valence-electron chi connectivity index (χ4n) is 4.28. The van der Waals surface area contributed by atoms with Gasteiger partial charge in [0.15, 0.2) is 5.78 Å². The molecule has 34 heavy (non-hydrogen) atoms. The standard InChI is InChI=1S/C27H24O7/c1-27(2,13-20-23(29)17-10-6-7-11-18(17)24(30)25(20)31)14-34-26(32)19-12-21(33-3)15-8-4-5-9-16(15)22(19)28/h4-12,20,28H,13-14H2,1-3H3. The molecule has 0 saturated carbocycles. The molecule has 0 saturated heterocycles. The summed E-state index contributed by atoms with van der Waals surface area (Å²) in [5.74, 6) is -3.55. The molecule has 1 unspecified atom stereocenters. The smallest absolute Gasteiger partial charge is 0.342 e. The molecule has 0 amide bonds. The van der Waals surface area contributed by atoms with Crippen LogP contribution in [0.4, 0.5) is 0 Å². The highest BCUT2D eigenvalue weighted by atomic mass is 16.5. The molecule has 1 N–H and O–H groups in total. The van der Waals surface area contributed by atoms with E-state index in [1.807, 2.05) is 0 Å². The predicted octanol–water partition coefficient (Wildman–Crippen LogP) is 4.39. The molecule has 3 aromatic rings. The van der Waals surface area contributed by atoms with Crippen LogP contribution in [0, 0.1) is 11.3 Å². The molecule has 3 aromatic carbocycles. The van der Waals surface area contributed by atoms with E-state index in [9.17, 15) is 24.3 Å². The molecule has 0 radical (unpaired) electrons. The maximum Gasteiger partial charge on any atom is 0.342 e. The number of esters is 1. The number of ether oxygens (including phenoxy) is 2. The highest BCUT2D eigenvalue weighted by Gasteiger charge is 2.43. The lowest BCUT2D eigenvalue weighted by atomic mass is 9.73. The number of phenolic OH excluding ortho intramolecular Hbond substituents is 1. The third kappa shape index (κ3) is 4.05. The number of hydrogen-bond donors (Lipinski definition) is 1. The Morgan fingerprint density at radius 1 is 0.941 bits per heavy atom. The fourth-order valence-corrected chi connectivity index (χ4v) is 4.28. The summed E-state index contributed by atoms with van der Waals surface area (Å²) in [7, 11) is 1.47. The van der Waals surface area contributed by atoms with Gasteiger partial charge in [-0.05, 0) is 12.5 Å². The van der Waals surface area contributed by atoms with Gasteiger partial charge in [-0.3, -0.25) is 14.4 Å². The van der Waals surface area contributed by atoms with Crippen LogP contribution in [0.5, 0.6) is 11.5 Å². The van der Waals surface area contributed by atoms with Gasteiger partial charge in [-0.15, -0.1) is 0 Å². The summed E-state index contributed by atoms with van der Waals surface area (Å²) in [6.45, 7) is 3.35. The number of carbonyl (C=O) groups is 4. The predicted molar refractivity (Wildman–Crippen MR) is 124 cm³/mol. The van der Waals surface area contributed by atoms with Crippen molar-refractivity contribution in [3.63, 3.8) is 0 Å². The molecule has 1 aliphatic carbocycles. The second-order valence-corrected chi connectivity index (χ2v) is 9.12. The minimum Gasteiger partial charge on any atom is -0.506 e. The van der Waals surface area contributed by atoms with Crippen molar-refractivity contribution in [2.24, 2.45) is 11.3 Å². The Kier molecular flexibility index (Phi) is 5.96. The van der Waals surface area contributed by atoms with Crippen molar-refractivity contribution >= 4 is 34.1 Å². The second-order valence-electron chi connectivity index (χ2n) is 9.12. The van der Waals surface area contributed by atoms with Crippen LogP contribution in [0.2, 0.25) is 0 Å². The van der Waals surface area contributed by atoms with E-state index in [0.29, 0.717) is 16.5 Å². The SMILES string of the molecule is COc1cc(C(=O)OCC(C)(C)CC2C(=O)C(=O)c3ccccc3C2=O)c(O)c2ccccc12. The quantitative estimate of drug-likeness (QED) is 0.330. The van der Waals surface area contributed by atoms with Crippen molar-refractivity contribution < 1.29 is 33.8 Å². The van der Waals surface area contributed by atoms with Crippen molar-refractivity contribution in [3.05, 3.63) is 71.3 Å². The number of hydrogen-bond acceptors (Lipinski definition) is 7. The van der Waals surface area contributed by atoms with Gasteiger partial charge < -0.3 is 14.6 Å². The Balaban J connectivity index is 1.52. The van der Waals surface area contributed by atoms with Gasteiger partial charge in [0.05, 0.1) is 19.6 Å². The molecule has 0 aromatic heterocycles. The van der Waals surface area contributed by atoms with E-state index in [1.165, 1.54) is 25.3 Å². The Morgan fingerprint density at radius 3 is 2.24 bits per heavy atom. The first-order chi connectivity index (χ1) is 16.1. The third-order valence-corrected chi connectivity index (χ3v) is 6.06. The zero-order valence-electron chi connectivity index (χ0n) is 19.1. The van der Waals surface area contributed by atoms with E-state index < -0.39 is 34.7 Å². The highest BCUT2D eigenvalue weighted by Crippen LogP contribution is 2.37. The highest BCUT2D eigenvalue weighted by molar-refractivity contribution is 6.51. The molecular weight excluding hydrogens is 436 g/mol. The molecule has 7 heteroatoms. The number of rotatable bonds is 6. The largest absolute Gasteiger partial charge is 0.506 e. The Labute approximate surface area is 196 Å². The van der Waals surface area contributed by atoms with Crippen molar-refractivity contribution in [1.29, 1.82) is 0 Å². The lowest BCUT2D eigenvalue weighted by molar-refractivity contribution is -0.118. The third-order valence-electron chi connectivity index (χ3n) is 6.06. The van der Waals surface area contributed by atoms with Crippen LogP contribution < -0.4 is 4.74 Å². The Morgan fingerprint density at radius 2 is 1.56 bits per heavy atom. The number of aromatic hydroxyl groups is 1. The number of ketones is 3. The number of carbonyl (C=O) groups excluding carboxylic acids is 4. The number of phenols is 1. The fraction of sp³-hybridized carbons (Fsp3) is 0.259. The minimum atomic E-state index is -1.13. The first-order valence-electron chi connectivity index (χ1n) is 10.8. The molecule has 7 nitrogen and oxygen atoms in total. The number of fused-ring (bicyclic) bond motifs is 2. The lowest BCUT2D eigenvalue weighted by Gasteiger charge is -2.30. The van der Waals surface area contributed by atoms with Crippen LogP contribution in [0.1, 0.15) is 51.3 Å². The molecule has 0 aliphatic heterocycles. The second kappa shape index (κ2) is 8.74. The summed E-state index contributed by atoms with van der Waals surface area (Å²) in [6.07, 6.45) is 0.0328. The van der Waals surface area contributed by atoms with Crippen LogP contribution in [0.25, 0.3) is 10.8 Å². The topological polar surface area (TPSA) is 107 Å². The molecule has 1 atom stereocenters. The van der Waals surface area contributed by atoms with Crippen LogP contribution in [0.3, 0.4) is 0 Å². The van der Waals surface area contributed by atoms with Crippen molar-refractivity contribution in [2.75, 3.05) is 13.7 Å². The van der Waals surface area contributed by atoms with Gasteiger partial charge in [0.25, 0.3) is 0 Å². The van der Waals surface area contributed by atoms with Crippen molar-refractivity contribution in [3.8, 4) is 11.5 Å². The van der Waals surface area contributed by atoms with Gasteiger partial charge in [-0.25, -0.2) is 4.79 Å². The maximum absolute atomic E-state index is 12.9. The van der Waals surface area contributed by atoms with Gasteiger partial charge in [0, 0.05) is 27.3 Å². The molecule has 1 aliphatic rings. The molecule has 0 fully saturated rings. The van der Waals surface area contributed by atoms with E-state index in [0.717, 1.165) is 0 Å². The summed E-state index contributed by atoms with van der Waals surface area (Å²) < 4.78 is 10.8. The van der Waals surface area contributed by atoms with E-state index in [-0.39, 0.29) is 35.5 Å². The number of benzene rings is 3. The van der Waals surface area contributed by atoms with Gasteiger partial charge in [-0.2, -0.15) is 0 Å². The average Bonchev–Trinajstić information content (AvgIpc) is 2.84. The van der Waals surface area contributed by atoms with Gasteiger partial charge in [0.2, 0.25) is 11.6 Å². The molecular formula is C27H24O7. The molecule has 0 heterocycles. The van der Waals surface area contributed by atoms with Gasteiger partial charge >= 0.3 is 5.97 Å². The Hall–Kier alpha value is -4.00. The van der Waals surface area contributed by atoms with Gasteiger partial charge in [-0.1, -0.05) is 62.4 Å². The molecule has 4 rings (SSSR count). The summed E-state index contributed by atoms with van der Waals surface area (Å²) in [6, 6.07) is 14.6. The van der Waals surface area contributed by atoms with Crippen molar-refractivity contribution in [2.45, 2.75) is 20.3 Å². The summed E-state index contributed by atoms with van der Waals surface area (Å²) in [4.78, 5) is 50.9. The molecule has 174 valence electrons. The summed E-state index contributed by atoms with van der Waals surface area (Å²) in [5, 5.41) is 11.7. The first kappa shape index (κ1) is 23.2. The Bertz CT molecular complexity index is 1340. The summed E-state index contributed by atoms with van der Waals surface area (Å²) >= 11 is 0. The normalized spacial score (nSPS) is 15.9. The van der Waals surface area contributed by atoms with E-state index in [4.69, 9.17) is 9.47 Å². The van der Waals surface area contributed by atoms with E-state index in [2.05, 4.69) is 0 Å². The van der Waals surface area contributed by atoms with Crippen LogP contribution in [-0.4, -0.2) is 42.1 Å². The van der Waals surface area contributed by atoms with Crippen LogP contribution in [0.15, 0.2) is 54.6 Å². The first-order valence-corrected chi connectivity index (χ1v) is 10.8. The van der Waals surface area contributed by atoms with E-state index >= 15 is 0 Å². The van der Waals surface area contributed by atoms with Crippen LogP contribution in [-0.2, 0) is 9.53 Å². The maximum atomic E-state index is 12.9. The van der Waals surface area contributed by atoms with Crippen molar-refractivity contribution in [1.82, 2.24) is 0 Å². The average molecular weight is 460 g/mol. The molecule has 0 spiro atoms.